The van der Waals surface area contributed by atoms with E-state index < -0.39 is 5.54 Å². The van der Waals surface area contributed by atoms with E-state index in [4.69, 9.17) is 10.8 Å². The van der Waals surface area contributed by atoms with Crippen LogP contribution in [0.5, 0.6) is 5.75 Å². The van der Waals surface area contributed by atoms with E-state index in [0.717, 1.165) is 5.56 Å². The molecule has 0 aliphatic rings. The highest BCUT2D eigenvalue weighted by Crippen LogP contribution is 2.27. The van der Waals surface area contributed by atoms with Crippen molar-refractivity contribution < 1.29 is 10.2 Å². The quantitative estimate of drug-likeness (QED) is 0.634. The largest absolute Gasteiger partial charge is 0.508 e. The fraction of sp³-hybridized carbons (Fsp3) is 0.400. The van der Waals surface area contributed by atoms with Gasteiger partial charge < -0.3 is 15.9 Å². The number of aliphatic hydroxyl groups is 1. The van der Waals surface area contributed by atoms with Gasteiger partial charge in [0.25, 0.3) is 0 Å². The lowest BCUT2D eigenvalue weighted by atomic mass is 9.92. The molecule has 0 saturated heterocycles. The van der Waals surface area contributed by atoms with Gasteiger partial charge in [-0.05, 0) is 19.9 Å². The monoisotopic (exact) mass is 181 g/mol. The van der Waals surface area contributed by atoms with Crippen molar-refractivity contribution in [3.8, 4) is 5.75 Å². The number of phenolic OH excluding ortho intramolecular Hbond substituents is 1. The molecule has 0 saturated carbocycles. The topological polar surface area (TPSA) is 66.5 Å². The molecule has 3 nitrogen and oxygen atoms in total. The Hall–Kier alpha value is -1.06. The number of aryl methyl sites for hydroxylation is 1. The molecule has 3 heteroatoms. The summed E-state index contributed by atoms with van der Waals surface area (Å²) in [5.74, 6) is 0.129. The molecule has 1 aromatic carbocycles. The first kappa shape index (κ1) is 10.0. The average molecular weight is 181 g/mol. The highest BCUT2D eigenvalue weighted by atomic mass is 16.3. The van der Waals surface area contributed by atoms with Crippen LogP contribution < -0.4 is 5.73 Å². The first-order valence-corrected chi connectivity index (χ1v) is 4.17. The van der Waals surface area contributed by atoms with E-state index in [0.29, 0.717) is 5.56 Å². The normalized spacial score (nSPS) is 15.4. The molecule has 1 rings (SSSR count). The SMILES string of the molecule is Cc1ccc(O)c([C@](C)(N)CO)c1. The zero-order valence-corrected chi connectivity index (χ0v) is 7.91. The molecular weight excluding hydrogens is 166 g/mol. The summed E-state index contributed by atoms with van der Waals surface area (Å²) < 4.78 is 0. The van der Waals surface area contributed by atoms with Crippen molar-refractivity contribution >= 4 is 0 Å². The Morgan fingerprint density at radius 3 is 2.62 bits per heavy atom. The summed E-state index contributed by atoms with van der Waals surface area (Å²) in [6, 6.07) is 5.17. The second kappa shape index (κ2) is 3.36. The van der Waals surface area contributed by atoms with Crippen molar-refractivity contribution in [2.24, 2.45) is 5.73 Å². The van der Waals surface area contributed by atoms with Crippen molar-refractivity contribution in [2.45, 2.75) is 19.4 Å². The predicted molar refractivity (Wildman–Crippen MR) is 51.5 cm³/mol. The molecule has 13 heavy (non-hydrogen) atoms. The van der Waals surface area contributed by atoms with Crippen molar-refractivity contribution in [3.05, 3.63) is 29.3 Å². The zero-order valence-electron chi connectivity index (χ0n) is 7.91. The molecule has 1 atom stereocenters. The summed E-state index contributed by atoms with van der Waals surface area (Å²) in [7, 11) is 0. The van der Waals surface area contributed by atoms with Gasteiger partial charge in [0.15, 0.2) is 0 Å². The average Bonchev–Trinajstić information content (AvgIpc) is 2.09. The van der Waals surface area contributed by atoms with Crippen molar-refractivity contribution in [2.75, 3.05) is 6.61 Å². The smallest absolute Gasteiger partial charge is 0.120 e. The zero-order chi connectivity index (χ0) is 10.1. The second-order valence-electron chi connectivity index (χ2n) is 3.60. The number of benzene rings is 1. The minimum absolute atomic E-state index is 0.129. The first-order valence-electron chi connectivity index (χ1n) is 4.17. The fourth-order valence-corrected chi connectivity index (χ4v) is 1.19. The molecule has 1 aromatic rings. The third-order valence-corrected chi connectivity index (χ3v) is 2.10. The van der Waals surface area contributed by atoms with E-state index in [2.05, 4.69) is 0 Å². The Kier molecular flexibility index (Phi) is 2.59. The summed E-state index contributed by atoms with van der Waals surface area (Å²) in [5, 5.41) is 18.5. The van der Waals surface area contributed by atoms with Crippen molar-refractivity contribution in [1.29, 1.82) is 0 Å². The number of aliphatic hydroxyl groups excluding tert-OH is 1. The van der Waals surface area contributed by atoms with Crippen LogP contribution in [0.3, 0.4) is 0 Å². The standard InChI is InChI=1S/C10H15NO2/c1-7-3-4-9(13)8(5-7)10(2,11)6-12/h3-5,12-13H,6,11H2,1-2H3/t10-/m1/s1. The molecule has 4 N–H and O–H groups in total. The summed E-state index contributed by atoms with van der Waals surface area (Å²) in [6.45, 7) is 3.40. The Morgan fingerprint density at radius 2 is 2.08 bits per heavy atom. The number of hydrogen-bond acceptors (Lipinski definition) is 3. The molecule has 0 aromatic heterocycles. The van der Waals surface area contributed by atoms with Crippen LogP contribution in [0.4, 0.5) is 0 Å². The Morgan fingerprint density at radius 1 is 1.46 bits per heavy atom. The molecule has 0 bridgehead atoms. The molecule has 0 amide bonds. The molecule has 0 aliphatic carbocycles. The summed E-state index contributed by atoms with van der Waals surface area (Å²) in [4.78, 5) is 0. The minimum Gasteiger partial charge on any atom is -0.508 e. The minimum atomic E-state index is -0.879. The number of aromatic hydroxyl groups is 1. The van der Waals surface area contributed by atoms with Gasteiger partial charge in [0.2, 0.25) is 0 Å². The molecule has 0 unspecified atom stereocenters. The van der Waals surface area contributed by atoms with Crippen LogP contribution in [0.1, 0.15) is 18.1 Å². The van der Waals surface area contributed by atoms with Gasteiger partial charge in [-0.25, -0.2) is 0 Å². The Labute approximate surface area is 77.8 Å². The van der Waals surface area contributed by atoms with Crippen LogP contribution in [-0.2, 0) is 5.54 Å². The third-order valence-electron chi connectivity index (χ3n) is 2.10. The molecule has 0 spiro atoms. The van der Waals surface area contributed by atoms with Gasteiger partial charge in [-0.15, -0.1) is 0 Å². The first-order chi connectivity index (χ1) is 5.97. The number of phenols is 1. The lowest BCUT2D eigenvalue weighted by Crippen LogP contribution is -2.37. The molecule has 72 valence electrons. The van der Waals surface area contributed by atoms with E-state index in [1.54, 1.807) is 25.1 Å². The van der Waals surface area contributed by atoms with Gasteiger partial charge >= 0.3 is 0 Å². The highest BCUT2D eigenvalue weighted by Gasteiger charge is 2.23. The van der Waals surface area contributed by atoms with Crippen LogP contribution in [0.25, 0.3) is 0 Å². The number of hydrogen-bond donors (Lipinski definition) is 3. The van der Waals surface area contributed by atoms with Crippen molar-refractivity contribution in [3.63, 3.8) is 0 Å². The van der Waals surface area contributed by atoms with Crippen molar-refractivity contribution in [1.82, 2.24) is 0 Å². The molecular formula is C10H15NO2. The lowest BCUT2D eigenvalue weighted by Gasteiger charge is -2.23. The summed E-state index contributed by atoms with van der Waals surface area (Å²) in [5.41, 5.74) is 6.51. The Bertz CT molecular complexity index is 308. The lowest BCUT2D eigenvalue weighted by molar-refractivity contribution is 0.207. The number of rotatable bonds is 2. The van der Waals surface area contributed by atoms with Gasteiger partial charge in [0.1, 0.15) is 5.75 Å². The van der Waals surface area contributed by atoms with E-state index >= 15 is 0 Å². The maximum absolute atomic E-state index is 9.51. The van der Waals surface area contributed by atoms with E-state index in [1.807, 2.05) is 6.92 Å². The van der Waals surface area contributed by atoms with Crippen LogP contribution in [0, 0.1) is 6.92 Å². The molecule has 0 fully saturated rings. The van der Waals surface area contributed by atoms with Gasteiger partial charge in [0.05, 0.1) is 12.1 Å². The highest BCUT2D eigenvalue weighted by molar-refractivity contribution is 5.40. The Balaban J connectivity index is 3.20. The third kappa shape index (κ3) is 1.99. The molecule has 0 aliphatic heterocycles. The number of nitrogens with two attached hydrogens (primary N) is 1. The van der Waals surface area contributed by atoms with Crippen LogP contribution in [0.2, 0.25) is 0 Å². The van der Waals surface area contributed by atoms with E-state index in [-0.39, 0.29) is 12.4 Å². The summed E-state index contributed by atoms with van der Waals surface area (Å²) >= 11 is 0. The van der Waals surface area contributed by atoms with Gasteiger partial charge in [-0.2, -0.15) is 0 Å². The van der Waals surface area contributed by atoms with Crippen LogP contribution >= 0.6 is 0 Å². The maximum atomic E-state index is 9.51. The van der Waals surface area contributed by atoms with Gasteiger partial charge in [-0.3, -0.25) is 0 Å². The van der Waals surface area contributed by atoms with Gasteiger partial charge in [0, 0.05) is 5.56 Å². The summed E-state index contributed by atoms with van der Waals surface area (Å²) in [6.07, 6.45) is 0. The van der Waals surface area contributed by atoms with Crippen LogP contribution in [-0.4, -0.2) is 16.8 Å². The fourth-order valence-electron chi connectivity index (χ4n) is 1.19. The van der Waals surface area contributed by atoms with Crippen LogP contribution in [0.15, 0.2) is 18.2 Å². The maximum Gasteiger partial charge on any atom is 0.120 e. The van der Waals surface area contributed by atoms with E-state index in [1.165, 1.54) is 0 Å². The van der Waals surface area contributed by atoms with Gasteiger partial charge in [-0.1, -0.05) is 17.7 Å². The predicted octanol–water partition coefficient (Wildman–Crippen LogP) is 0.867. The molecule has 0 heterocycles. The second-order valence-corrected chi connectivity index (χ2v) is 3.60. The molecule has 0 radical (unpaired) electrons. The van der Waals surface area contributed by atoms with E-state index in [9.17, 15) is 5.11 Å².